The molecule has 1 aliphatic heterocycles. The molecule has 0 amide bonds. The number of terminal acetylenes is 1. The van der Waals surface area contributed by atoms with Crippen LogP contribution in [-0.4, -0.2) is 37.0 Å². The molecule has 1 atom stereocenters. The van der Waals surface area contributed by atoms with Gasteiger partial charge in [-0.2, -0.15) is 0 Å². The molecule has 1 saturated heterocycles. The summed E-state index contributed by atoms with van der Waals surface area (Å²) in [5, 5.41) is 12.8. The van der Waals surface area contributed by atoms with E-state index in [1.54, 1.807) is 0 Å². The molecule has 0 bridgehead atoms. The molecular formula is C9H15NO2. The van der Waals surface area contributed by atoms with Crippen LogP contribution in [0, 0.1) is 12.3 Å². The van der Waals surface area contributed by atoms with E-state index in [1.165, 1.54) is 0 Å². The fourth-order valence-corrected chi connectivity index (χ4v) is 1.22. The Bertz CT molecular complexity index is 168. The zero-order chi connectivity index (χ0) is 8.86. The maximum absolute atomic E-state index is 9.75. The molecule has 0 aliphatic carbocycles. The highest BCUT2D eigenvalue weighted by Gasteiger charge is 2.31. The van der Waals surface area contributed by atoms with Crippen molar-refractivity contribution in [1.82, 2.24) is 5.32 Å². The van der Waals surface area contributed by atoms with Crippen molar-refractivity contribution in [3.05, 3.63) is 0 Å². The molecule has 12 heavy (non-hydrogen) atoms. The van der Waals surface area contributed by atoms with E-state index in [1.807, 2.05) is 0 Å². The summed E-state index contributed by atoms with van der Waals surface area (Å²) < 4.78 is 5.09. The molecule has 1 aliphatic rings. The van der Waals surface area contributed by atoms with Crippen LogP contribution >= 0.6 is 0 Å². The Hall–Kier alpha value is -0.560. The lowest BCUT2D eigenvalue weighted by Crippen LogP contribution is -2.41. The highest BCUT2D eigenvalue weighted by atomic mass is 16.5. The van der Waals surface area contributed by atoms with Gasteiger partial charge in [0.2, 0.25) is 0 Å². The van der Waals surface area contributed by atoms with Gasteiger partial charge in [0, 0.05) is 32.5 Å². The largest absolute Gasteiger partial charge is 0.386 e. The van der Waals surface area contributed by atoms with E-state index in [2.05, 4.69) is 11.2 Å². The van der Waals surface area contributed by atoms with Crippen LogP contribution in [0.15, 0.2) is 0 Å². The van der Waals surface area contributed by atoms with E-state index >= 15 is 0 Å². The number of rotatable bonds is 4. The van der Waals surface area contributed by atoms with Crippen LogP contribution in [0.3, 0.4) is 0 Å². The predicted molar refractivity (Wildman–Crippen MR) is 46.7 cm³/mol. The lowest BCUT2D eigenvalue weighted by molar-refractivity contribution is 0.0274. The Labute approximate surface area is 73.1 Å². The van der Waals surface area contributed by atoms with E-state index in [-0.39, 0.29) is 0 Å². The third-order valence-corrected chi connectivity index (χ3v) is 1.98. The van der Waals surface area contributed by atoms with Crippen LogP contribution in [0.2, 0.25) is 0 Å². The highest BCUT2D eigenvalue weighted by molar-refractivity contribution is 4.87. The molecule has 0 radical (unpaired) electrons. The van der Waals surface area contributed by atoms with Crippen LogP contribution in [0.25, 0.3) is 0 Å². The van der Waals surface area contributed by atoms with Gasteiger partial charge in [-0.05, 0) is 0 Å². The second-order valence-corrected chi connectivity index (χ2v) is 3.16. The van der Waals surface area contributed by atoms with Gasteiger partial charge in [0.15, 0.2) is 0 Å². The first kappa shape index (κ1) is 9.53. The van der Waals surface area contributed by atoms with Gasteiger partial charge in [0.05, 0.1) is 6.61 Å². The monoisotopic (exact) mass is 169 g/mol. The standard InChI is InChI=1S/C9H15NO2/c1-2-3-5-10-7-9(11)4-6-12-8-9/h1,10-11H,3-8H2. The van der Waals surface area contributed by atoms with Crippen molar-refractivity contribution in [3.63, 3.8) is 0 Å². The number of ether oxygens (including phenoxy) is 1. The molecular weight excluding hydrogens is 154 g/mol. The van der Waals surface area contributed by atoms with Crippen LogP contribution in [0.5, 0.6) is 0 Å². The van der Waals surface area contributed by atoms with E-state index in [4.69, 9.17) is 11.2 Å². The molecule has 0 aromatic carbocycles. The minimum Gasteiger partial charge on any atom is -0.386 e. The SMILES string of the molecule is C#CCCNCC1(O)CCOC1. The lowest BCUT2D eigenvalue weighted by atomic mass is 10.0. The smallest absolute Gasteiger partial charge is 0.102 e. The third-order valence-electron chi connectivity index (χ3n) is 1.98. The Balaban J connectivity index is 2.09. The molecule has 3 heteroatoms. The number of aliphatic hydroxyl groups is 1. The Morgan fingerprint density at radius 2 is 2.50 bits per heavy atom. The summed E-state index contributed by atoms with van der Waals surface area (Å²) in [5.41, 5.74) is -0.658. The van der Waals surface area contributed by atoms with Gasteiger partial charge in [-0.15, -0.1) is 12.3 Å². The fraction of sp³-hybridized carbons (Fsp3) is 0.778. The Morgan fingerprint density at radius 1 is 1.67 bits per heavy atom. The molecule has 0 aromatic heterocycles. The summed E-state index contributed by atoms with van der Waals surface area (Å²) in [6.45, 7) is 2.44. The first-order chi connectivity index (χ1) is 5.77. The van der Waals surface area contributed by atoms with Gasteiger partial charge in [0.25, 0.3) is 0 Å². The maximum Gasteiger partial charge on any atom is 0.102 e. The van der Waals surface area contributed by atoms with E-state index in [0.29, 0.717) is 26.2 Å². The quantitative estimate of drug-likeness (QED) is 0.450. The van der Waals surface area contributed by atoms with E-state index in [0.717, 1.165) is 13.0 Å². The van der Waals surface area contributed by atoms with Gasteiger partial charge in [-0.3, -0.25) is 0 Å². The third kappa shape index (κ3) is 2.82. The normalized spacial score (nSPS) is 28.7. The number of nitrogens with one attached hydrogen (secondary N) is 1. The van der Waals surface area contributed by atoms with Crippen molar-refractivity contribution < 1.29 is 9.84 Å². The second-order valence-electron chi connectivity index (χ2n) is 3.16. The maximum atomic E-state index is 9.75. The van der Waals surface area contributed by atoms with Crippen molar-refractivity contribution in [2.24, 2.45) is 0 Å². The van der Waals surface area contributed by atoms with Gasteiger partial charge in [-0.25, -0.2) is 0 Å². The topological polar surface area (TPSA) is 41.5 Å². The first-order valence-corrected chi connectivity index (χ1v) is 4.21. The zero-order valence-electron chi connectivity index (χ0n) is 7.18. The van der Waals surface area contributed by atoms with E-state index < -0.39 is 5.60 Å². The van der Waals surface area contributed by atoms with Crippen molar-refractivity contribution in [1.29, 1.82) is 0 Å². The van der Waals surface area contributed by atoms with Crippen molar-refractivity contribution in [2.75, 3.05) is 26.3 Å². The zero-order valence-corrected chi connectivity index (χ0v) is 7.18. The summed E-state index contributed by atoms with van der Waals surface area (Å²) in [7, 11) is 0. The lowest BCUT2D eigenvalue weighted by Gasteiger charge is -2.20. The molecule has 68 valence electrons. The summed E-state index contributed by atoms with van der Waals surface area (Å²) in [6, 6.07) is 0. The Morgan fingerprint density at radius 3 is 3.08 bits per heavy atom. The average Bonchev–Trinajstić information content (AvgIpc) is 2.47. The molecule has 3 nitrogen and oxygen atoms in total. The summed E-state index contributed by atoms with van der Waals surface area (Å²) in [4.78, 5) is 0. The molecule has 1 fully saturated rings. The van der Waals surface area contributed by atoms with Crippen molar-refractivity contribution >= 4 is 0 Å². The molecule has 1 rings (SSSR count). The van der Waals surface area contributed by atoms with Crippen LogP contribution in [0.1, 0.15) is 12.8 Å². The summed E-state index contributed by atoms with van der Waals surface area (Å²) in [6.07, 6.45) is 6.50. The molecule has 1 unspecified atom stereocenters. The Kier molecular flexibility index (Phi) is 3.54. The first-order valence-electron chi connectivity index (χ1n) is 4.21. The second kappa shape index (κ2) is 4.46. The van der Waals surface area contributed by atoms with Gasteiger partial charge in [0.1, 0.15) is 5.60 Å². The molecule has 0 spiro atoms. The van der Waals surface area contributed by atoms with Crippen molar-refractivity contribution in [2.45, 2.75) is 18.4 Å². The predicted octanol–water partition coefficient (Wildman–Crippen LogP) is -0.249. The van der Waals surface area contributed by atoms with Gasteiger partial charge < -0.3 is 15.2 Å². The molecule has 2 N–H and O–H groups in total. The van der Waals surface area contributed by atoms with Crippen molar-refractivity contribution in [3.8, 4) is 12.3 Å². The highest BCUT2D eigenvalue weighted by Crippen LogP contribution is 2.16. The number of hydrogen-bond donors (Lipinski definition) is 2. The summed E-state index contributed by atoms with van der Waals surface area (Å²) in [5.74, 6) is 2.53. The van der Waals surface area contributed by atoms with Gasteiger partial charge in [-0.1, -0.05) is 0 Å². The summed E-state index contributed by atoms with van der Waals surface area (Å²) >= 11 is 0. The fourth-order valence-electron chi connectivity index (χ4n) is 1.22. The van der Waals surface area contributed by atoms with Crippen LogP contribution < -0.4 is 5.32 Å². The van der Waals surface area contributed by atoms with Crippen LogP contribution in [-0.2, 0) is 4.74 Å². The van der Waals surface area contributed by atoms with Crippen LogP contribution in [0.4, 0.5) is 0 Å². The van der Waals surface area contributed by atoms with E-state index in [9.17, 15) is 5.11 Å². The minimum absolute atomic E-state index is 0.441. The minimum atomic E-state index is -0.658. The molecule has 0 aromatic rings. The average molecular weight is 169 g/mol. The number of hydrogen-bond acceptors (Lipinski definition) is 3. The molecule has 1 heterocycles. The molecule has 0 saturated carbocycles. The van der Waals surface area contributed by atoms with Gasteiger partial charge >= 0.3 is 0 Å².